The Bertz CT molecular complexity index is 713. The summed E-state index contributed by atoms with van der Waals surface area (Å²) in [7, 11) is 0. The van der Waals surface area contributed by atoms with Crippen molar-refractivity contribution in [2.45, 2.75) is 24.9 Å². The lowest BCUT2D eigenvalue weighted by Gasteiger charge is -2.39. The molecule has 1 unspecified atom stereocenters. The molecular weight excluding hydrogens is 313 g/mol. The van der Waals surface area contributed by atoms with Gasteiger partial charge in [-0.3, -0.25) is 9.69 Å². The van der Waals surface area contributed by atoms with Gasteiger partial charge < -0.3 is 16.0 Å². The second-order valence-electron chi connectivity index (χ2n) is 6.07. The highest BCUT2D eigenvalue weighted by atomic mass is 19.1. The molecule has 126 valence electrons. The highest BCUT2D eigenvalue weighted by molar-refractivity contribution is 5.90. The van der Waals surface area contributed by atoms with Crippen LogP contribution in [0.1, 0.15) is 18.4 Å². The zero-order chi connectivity index (χ0) is 17.3. The van der Waals surface area contributed by atoms with E-state index in [4.69, 9.17) is 11.0 Å². The fourth-order valence-corrected chi connectivity index (χ4v) is 2.97. The fourth-order valence-electron chi connectivity index (χ4n) is 2.97. The molecule has 7 nitrogen and oxygen atoms in total. The third-order valence-corrected chi connectivity index (χ3v) is 4.39. The minimum absolute atomic E-state index is 0.138. The van der Waals surface area contributed by atoms with E-state index in [1.807, 2.05) is 0 Å². The number of halogens is 1. The smallest absolute Gasteiger partial charge is 0.321 e. The molecule has 0 bridgehead atoms. The van der Waals surface area contributed by atoms with Gasteiger partial charge in [-0.2, -0.15) is 5.26 Å². The molecule has 0 spiro atoms. The Labute approximate surface area is 138 Å². The molecule has 3 rings (SSSR count). The topological polar surface area (TPSA) is 102 Å². The molecule has 1 heterocycles. The number of rotatable bonds is 3. The summed E-state index contributed by atoms with van der Waals surface area (Å²) in [4.78, 5) is 27.7. The monoisotopic (exact) mass is 331 g/mol. The van der Waals surface area contributed by atoms with Gasteiger partial charge in [-0.05, 0) is 31.0 Å². The van der Waals surface area contributed by atoms with Gasteiger partial charge in [0.2, 0.25) is 5.91 Å². The van der Waals surface area contributed by atoms with Gasteiger partial charge in [0, 0.05) is 31.4 Å². The van der Waals surface area contributed by atoms with E-state index < -0.39 is 23.8 Å². The Morgan fingerprint density at radius 2 is 2.08 bits per heavy atom. The SMILES string of the molecule is N#Cc1cc(NC(=O)N2CCN(C3CC3)C(C(N)=O)C2)ccc1F. The quantitative estimate of drug-likeness (QED) is 0.857. The lowest BCUT2D eigenvalue weighted by atomic mass is 10.1. The molecule has 1 aliphatic heterocycles. The Kier molecular flexibility index (Phi) is 4.36. The summed E-state index contributed by atoms with van der Waals surface area (Å²) in [5, 5.41) is 11.5. The molecule has 8 heteroatoms. The molecule has 1 aromatic rings. The van der Waals surface area contributed by atoms with Crippen LogP contribution in [0.15, 0.2) is 18.2 Å². The molecule has 3 N–H and O–H groups in total. The second-order valence-corrected chi connectivity index (χ2v) is 6.07. The molecule has 0 aromatic heterocycles. The number of hydrogen-bond donors (Lipinski definition) is 2. The maximum absolute atomic E-state index is 13.3. The maximum Gasteiger partial charge on any atom is 0.321 e. The van der Waals surface area contributed by atoms with Crippen molar-refractivity contribution in [2.24, 2.45) is 5.73 Å². The first-order chi connectivity index (χ1) is 11.5. The summed E-state index contributed by atoms with van der Waals surface area (Å²) in [5.41, 5.74) is 5.67. The number of piperazine rings is 1. The van der Waals surface area contributed by atoms with Crippen LogP contribution in [0.5, 0.6) is 0 Å². The molecule has 1 aliphatic carbocycles. The first-order valence-corrected chi connectivity index (χ1v) is 7.80. The number of urea groups is 1. The Hall–Kier alpha value is -2.66. The number of nitrogens with one attached hydrogen (secondary N) is 1. The van der Waals surface area contributed by atoms with Gasteiger partial charge in [-0.1, -0.05) is 0 Å². The first-order valence-electron chi connectivity index (χ1n) is 7.80. The fraction of sp³-hybridized carbons (Fsp3) is 0.438. The van der Waals surface area contributed by atoms with Crippen molar-refractivity contribution >= 4 is 17.6 Å². The molecular formula is C16H18FN5O2. The number of primary amides is 1. The summed E-state index contributed by atoms with van der Waals surface area (Å²) in [6, 6.07) is 5.03. The van der Waals surface area contributed by atoms with E-state index in [1.165, 1.54) is 17.0 Å². The van der Waals surface area contributed by atoms with Crippen LogP contribution in [0.4, 0.5) is 14.9 Å². The predicted octanol–water partition coefficient (Wildman–Crippen LogP) is 0.863. The van der Waals surface area contributed by atoms with Gasteiger partial charge in [0.1, 0.15) is 17.9 Å². The molecule has 1 saturated carbocycles. The van der Waals surface area contributed by atoms with E-state index in [1.54, 1.807) is 6.07 Å². The minimum Gasteiger partial charge on any atom is -0.368 e. The summed E-state index contributed by atoms with van der Waals surface area (Å²) in [6.07, 6.45) is 2.12. The number of carbonyl (C=O) groups is 2. The van der Waals surface area contributed by atoms with Crippen molar-refractivity contribution in [1.29, 1.82) is 5.26 Å². The van der Waals surface area contributed by atoms with E-state index in [0.717, 1.165) is 18.9 Å². The Morgan fingerprint density at radius 1 is 1.33 bits per heavy atom. The standard InChI is InChI=1S/C16H18FN5O2/c17-13-4-1-11(7-10(13)8-18)20-16(24)21-5-6-22(12-2-3-12)14(9-21)15(19)23/h1,4,7,12,14H,2-3,5-6,9H2,(H2,19,23)(H,20,24). The zero-order valence-corrected chi connectivity index (χ0v) is 13.0. The second kappa shape index (κ2) is 6.45. The van der Waals surface area contributed by atoms with Crippen molar-refractivity contribution in [3.05, 3.63) is 29.6 Å². The summed E-state index contributed by atoms with van der Waals surface area (Å²) in [5.74, 6) is -1.07. The highest BCUT2D eigenvalue weighted by Gasteiger charge is 2.40. The zero-order valence-electron chi connectivity index (χ0n) is 13.0. The molecule has 2 aliphatic rings. The number of benzene rings is 1. The van der Waals surface area contributed by atoms with Gasteiger partial charge in [0.05, 0.1) is 5.56 Å². The van der Waals surface area contributed by atoms with Gasteiger partial charge >= 0.3 is 6.03 Å². The molecule has 3 amide bonds. The van der Waals surface area contributed by atoms with Crippen LogP contribution >= 0.6 is 0 Å². The number of nitrogens with zero attached hydrogens (tertiary/aromatic N) is 3. The van der Waals surface area contributed by atoms with Crippen LogP contribution in [0.3, 0.4) is 0 Å². The minimum atomic E-state index is -0.637. The number of amides is 3. The summed E-state index contributed by atoms with van der Waals surface area (Å²) in [6.45, 7) is 1.31. The first kappa shape index (κ1) is 16.2. The molecule has 0 radical (unpaired) electrons. The predicted molar refractivity (Wildman–Crippen MR) is 84.4 cm³/mol. The summed E-state index contributed by atoms with van der Waals surface area (Å²) >= 11 is 0. The number of carbonyl (C=O) groups excluding carboxylic acids is 2. The van der Waals surface area contributed by atoms with Crippen molar-refractivity contribution < 1.29 is 14.0 Å². The third-order valence-electron chi connectivity index (χ3n) is 4.39. The highest BCUT2D eigenvalue weighted by Crippen LogP contribution is 2.30. The van der Waals surface area contributed by atoms with E-state index >= 15 is 0 Å². The van der Waals surface area contributed by atoms with Crippen molar-refractivity contribution in [3.63, 3.8) is 0 Å². The average Bonchev–Trinajstić information content (AvgIpc) is 3.40. The molecule has 1 saturated heterocycles. The van der Waals surface area contributed by atoms with E-state index in [0.29, 0.717) is 24.8 Å². The van der Waals surface area contributed by atoms with Crippen LogP contribution in [-0.4, -0.2) is 53.5 Å². The van der Waals surface area contributed by atoms with Crippen LogP contribution in [0, 0.1) is 17.1 Å². The number of nitriles is 1. The van der Waals surface area contributed by atoms with E-state index in [-0.39, 0.29) is 12.1 Å². The van der Waals surface area contributed by atoms with Crippen molar-refractivity contribution in [1.82, 2.24) is 9.80 Å². The molecule has 1 aromatic carbocycles. The molecule has 1 atom stereocenters. The Balaban J connectivity index is 1.67. The van der Waals surface area contributed by atoms with E-state index in [2.05, 4.69) is 10.2 Å². The van der Waals surface area contributed by atoms with Crippen LogP contribution < -0.4 is 11.1 Å². The van der Waals surface area contributed by atoms with Crippen LogP contribution in [-0.2, 0) is 4.79 Å². The molecule has 24 heavy (non-hydrogen) atoms. The lowest BCUT2D eigenvalue weighted by Crippen LogP contribution is -2.60. The number of hydrogen-bond acceptors (Lipinski definition) is 4. The van der Waals surface area contributed by atoms with Crippen LogP contribution in [0.25, 0.3) is 0 Å². The number of nitrogens with two attached hydrogens (primary N) is 1. The Morgan fingerprint density at radius 3 is 2.71 bits per heavy atom. The van der Waals surface area contributed by atoms with Crippen molar-refractivity contribution in [3.8, 4) is 6.07 Å². The maximum atomic E-state index is 13.3. The van der Waals surface area contributed by atoms with Crippen molar-refractivity contribution in [2.75, 3.05) is 25.0 Å². The normalized spacial score (nSPS) is 21.2. The molecule has 2 fully saturated rings. The largest absolute Gasteiger partial charge is 0.368 e. The lowest BCUT2D eigenvalue weighted by molar-refractivity contribution is -0.125. The van der Waals surface area contributed by atoms with Gasteiger partial charge in [0.15, 0.2) is 0 Å². The van der Waals surface area contributed by atoms with E-state index in [9.17, 15) is 14.0 Å². The summed E-state index contributed by atoms with van der Waals surface area (Å²) < 4.78 is 13.3. The average molecular weight is 331 g/mol. The van der Waals surface area contributed by atoms with Gasteiger partial charge in [-0.15, -0.1) is 0 Å². The number of anilines is 1. The van der Waals surface area contributed by atoms with Gasteiger partial charge in [0.25, 0.3) is 0 Å². The van der Waals surface area contributed by atoms with Gasteiger partial charge in [-0.25, -0.2) is 9.18 Å². The third kappa shape index (κ3) is 3.31. The van der Waals surface area contributed by atoms with Crippen LogP contribution in [0.2, 0.25) is 0 Å².